The molecule has 1 N–H and O–H groups in total. The minimum absolute atomic E-state index is 0.389. The van der Waals surface area contributed by atoms with Crippen molar-refractivity contribution in [1.82, 2.24) is 4.90 Å². The molecule has 0 saturated heterocycles. The van der Waals surface area contributed by atoms with Crippen molar-refractivity contribution < 1.29 is 5.11 Å². The van der Waals surface area contributed by atoms with Crippen molar-refractivity contribution in [1.29, 1.82) is 0 Å². The fraction of sp³-hybridized carbons (Fsp3) is 0.714. The van der Waals surface area contributed by atoms with E-state index in [-0.39, 0.29) is 0 Å². The van der Waals surface area contributed by atoms with E-state index < -0.39 is 5.60 Å². The van der Waals surface area contributed by atoms with Gasteiger partial charge in [0.05, 0.1) is 5.60 Å². The maximum atomic E-state index is 10.5. The van der Waals surface area contributed by atoms with Gasteiger partial charge in [0.25, 0.3) is 0 Å². The smallest absolute Gasteiger partial charge is 0.0730 e. The minimum atomic E-state index is -0.675. The van der Waals surface area contributed by atoms with Crippen LogP contribution in [0.1, 0.15) is 40.0 Å². The second kappa shape index (κ2) is 7.64. The third-order valence-electron chi connectivity index (χ3n) is 3.16. The molecule has 0 amide bonds. The highest BCUT2D eigenvalue weighted by Crippen LogP contribution is 2.24. The Balaban J connectivity index is 4.47. The van der Waals surface area contributed by atoms with Crippen molar-refractivity contribution in [2.45, 2.75) is 51.7 Å². The average Bonchev–Trinajstić information content (AvgIpc) is 2.19. The van der Waals surface area contributed by atoms with Gasteiger partial charge in [-0.05, 0) is 39.3 Å². The van der Waals surface area contributed by atoms with Gasteiger partial charge in [-0.25, -0.2) is 0 Å². The van der Waals surface area contributed by atoms with Gasteiger partial charge in [-0.15, -0.1) is 13.2 Å². The zero-order chi connectivity index (χ0) is 12.6. The summed E-state index contributed by atoms with van der Waals surface area (Å²) in [6.45, 7) is 15.9. The number of aliphatic hydroxyl groups is 1. The van der Waals surface area contributed by atoms with Crippen LogP contribution in [0.5, 0.6) is 0 Å². The lowest BCUT2D eigenvalue weighted by molar-refractivity contribution is 0.0114. The largest absolute Gasteiger partial charge is 0.389 e. The first kappa shape index (κ1) is 15.4. The Labute approximate surface area is 101 Å². The Kier molecular flexibility index (Phi) is 7.35. The molecule has 0 heterocycles. The molecule has 0 fully saturated rings. The molecule has 0 aromatic heterocycles. The van der Waals surface area contributed by atoms with Gasteiger partial charge >= 0.3 is 0 Å². The van der Waals surface area contributed by atoms with E-state index in [0.717, 1.165) is 19.5 Å². The summed E-state index contributed by atoms with van der Waals surface area (Å²) in [5.41, 5.74) is -0.675. The van der Waals surface area contributed by atoms with Crippen LogP contribution in [0.3, 0.4) is 0 Å². The molecule has 0 bridgehead atoms. The van der Waals surface area contributed by atoms with Crippen molar-refractivity contribution in [3.63, 3.8) is 0 Å². The van der Waals surface area contributed by atoms with Crippen LogP contribution in [0, 0.1) is 0 Å². The highest BCUT2D eigenvalue weighted by molar-refractivity contribution is 4.94. The van der Waals surface area contributed by atoms with Crippen molar-refractivity contribution in [2.75, 3.05) is 13.1 Å². The predicted octanol–water partition coefficient (Wildman–Crippen LogP) is 2.99. The molecule has 0 radical (unpaired) electrons. The average molecular weight is 225 g/mol. The molecule has 16 heavy (non-hydrogen) atoms. The molecule has 0 aliphatic rings. The van der Waals surface area contributed by atoms with Crippen LogP contribution in [-0.4, -0.2) is 34.7 Å². The monoisotopic (exact) mass is 225 g/mol. The van der Waals surface area contributed by atoms with Crippen molar-refractivity contribution in [3.05, 3.63) is 25.3 Å². The van der Waals surface area contributed by atoms with Crippen LogP contribution in [0.25, 0.3) is 0 Å². The van der Waals surface area contributed by atoms with E-state index in [4.69, 9.17) is 0 Å². The van der Waals surface area contributed by atoms with E-state index in [0.29, 0.717) is 18.9 Å². The van der Waals surface area contributed by atoms with Gasteiger partial charge in [-0.2, -0.15) is 0 Å². The number of hydrogen-bond acceptors (Lipinski definition) is 2. The Hall–Kier alpha value is -0.600. The van der Waals surface area contributed by atoms with E-state index in [1.54, 1.807) is 12.2 Å². The van der Waals surface area contributed by atoms with Gasteiger partial charge in [0.1, 0.15) is 0 Å². The summed E-state index contributed by atoms with van der Waals surface area (Å²) in [6, 6.07) is 0.389. The Morgan fingerprint density at radius 1 is 1.19 bits per heavy atom. The first-order valence-electron chi connectivity index (χ1n) is 6.21. The quantitative estimate of drug-likeness (QED) is 0.610. The lowest BCUT2D eigenvalue weighted by Gasteiger charge is -2.34. The lowest BCUT2D eigenvalue weighted by atomic mass is 9.88. The molecule has 2 nitrogen and oxygen atoms in total. The van der Waals surface area contributed by atoms with Crippen LogP contribution in [0.15, 0.2) is 25.3 Å². The summed E-state index contributed by atoms with van der Waals surface area (Å²) in [5.74, 6) is 0. The fourth-order valence-corrected chi connectivity index (χ4v) is 2.31. The summed E-state index contributed by atoms with van der Waals surface area (Å²) in [4.78, 5) is 2.36. The Morgan fingerprint density at radius 3 is 1.94 bits per heavy atom. The Bertz CT molecular complexity index is 199. The molecule has 0 aromatic rings. The maximum Gasteiger partial charge on any atom is 0.0730 e. The molecule has 94 valence electrons. The van der Waals surface area contributed by atoms with Crippen LogP contribution in [0.2, 0.25) is 0 Å². The van der Waals surface area contributed by atoms with Crippen LogP contribution < -0.4 is 0 Å². The van der Waals surface area contributed by atoms with Crippen LogP contribution in [-0.2, 0) is 0 Å². The van der Waals surface area contributed by atoms with Gasteiger partial charge in [0, 0.05) is 6.04 Å². The van der Waals surface area contributed by atoms with E-state index in [1.807, 2.05) is 0 Å². The molecule has 0 saturated carbocycles. The summed E-state index contributed by atoms with van der Waals surface area (Å²) < 4.78 is 0. The van der Waals surface area contributed by atoms with Gasteiger partial charge in [0.2, 0.25) is 0 Å². The van der Waals surface area contributed by atoms with Gasteiger partial charge in [0.15, 0.2) is 0 Å². The van der Waals surface area contributed by atoms with Gasteiger partial charge in [-0.3, -0.25) is 0 Å². The van der Waals surface area contributed by atoms with Crippen molar-refractivity contribution in [2.24, 2.45) is 0 Å². The Morgan fingerprint density at radius 2 is 1.62 bits per heavy atom. The number of nitrogens with zero attached hydrogens (tertiary/aromatic N) is 1. The number of rotatable bonds is 9. The SMILES string of the molecule is C=CCC(O)(CC=C)CC(C)N(CC)CC. The fourth-order valence-electron chi connectivity index (χ4n) is 2.31. The molecule has 0 spiro atoms. The summed E-state index contributed by atoms with van der Waals surface area (Å²) in [6.07, 6.45) is 5.61. The predicted molar refractivity (Wildman–Crippen MR) is 71.6 cm³/mol. The molecule has 1 unspecified atom stereocenters. The topological polar surface area (TPSA) is 23.5 Å². The van der Waals surface area contributed by atoms with E-state index in [9.17, 15) is 5.11 Å². The molecule has 0 aromatic carbocycles. The third-order valence-corrected chi connectivity index (χ3v) is 3.16. The molecule has 1 atom stereocenters. The second-order valence-corrected chi connectivity index (χ2v) is 4.48. The maximum absolute atomic E-state index is 10.5. The zero-order valence-corrected chi connectivity index (χ0v) is 11.1. The van der Waals surface area contributed by atoms with Crippen LogP contribution in [0.4, 0.5) is 0 Å². The van der Waals surface area contributed by atoms with Crippen molar-refractivity contribution in [3.8, 4) is 0 Å². The van der Waals surface area contributed by atoms with Crippen LogP contribution >= 0.6 is 0 Å². The summed E-state index contributed by atoms with van der Waals surface area (Å²) >= 11 is 0. The standard InChI is InChI=1S/C14H27NO/c1-6-10-14(16,11-7-2)12-13(5)15(8-3)9-4/h6-7,13,16H,1-2,8-12H2,3-5H3. The molecule has 2 heteroatoms. The lowest BCUT2D eigenvalue weighted by Crippen LogP contribution is -2.40. The molecule has 0 aliphatic heterocycles. The highest BCUT2D eigenvalue weighted by atomic mass is 16.3. The van der Waals surface area contributed by atoms with E-state index in [2.05, 4.69) is 38.8 Å². The summed E-state index contributed by atoms with van der Waals surface area (Å²) in [5, 5.41) is 10.5. The van der Waals surface area contributed by atoms with Gasteiger partial charge < -0.3 is 10.0 Å². The normalized spacial score (nSPS) is 13.8. The first-order chi connectivity index (χ1) is 7.52. The number of hydrogen-bond donors (Lipinski definition) is 1. The molecular weight excluding hydrogens is 198 g/mol. The first-order valence-corrected chi connectivity index (χ1v) is 6.21. The third kappa shape index (κ3) is 4.95. The minimum Gasteiger partial charge on any atom is -0.389 e. The highest BCUT2D eigenvalue weighted by Gasteiger charge is 2.27. The zero-order valence-electron chi connectivity index (χ0n) is 11.1. The molecule has 0 rings (SSSR count). The second-order valence-electron chi connectivity index (χ2n) is 4.48. The molecule has 0 aliphatic carbocycles. The van der Waals surface area contributed by atoms with E-state index >= 15 is 0 Å². The molecular formula is C14H27NO. The van der Waals surface area contributed by atoms with Crippen molar-refractivity contribution >= 4 is 0 Å². The van der Waals surface area contributed by atoms with E-state index in [1.165, 1.54) is 0 Å². The summed E-state index contributed by atoms with van der Waals surface area (Å²) in [7, 11) is 0. The van der Waals surface area contributed by atoms with Gasteiger partial charge in [-0.1, -0.05) is 26.0 Å².